The van der Waals surface area contributed by atoms with Gasteiger partial charge < -0.3 is 4.74 Å². The highest BCUT2D eigenvalue weighted by atomic mass is 16.5. The first-order valence-electron chi connectivity index (χ1n) is 18.9. The van der Waals surface area contributed by atoms with Crippen LogP contribution in [0.2, 0.25) is 0 Å². The van der Waals surface area contributed by atoms with Crippen LogP contribution in [0.5, 0.6) is 11.5 Å². The SMILES string of the molecule is CC1CC=CC2=C1C1(c3ccccc32)c2cccc(-c3nc(-c4ccccc4)nc(-c4ccccc4)n3)c2Oc2c(-c3cccc4cnccc34)cccc21. The fourth-order valence-corrected chi connectivity index (χ4v) is 9.25. The Morgan fingerprint density at radius 3 is 1.87 bits per heavy atom. The van der Waals surface area contributed by atoms with Crippen LogP contribution in [-0.2, 0) is 5.41 Å². The standard InChI is InChI=1S/C50H34N4O/c1-31-14-10-22-38-37-20-8-9-25-41(37)50(44(31)38)42-26-12-23-39(36-21-11-19-34-30-51-29-28-35(34)36)45(42)55-46-40(24-13-27-43(46)50)49-53-47(32-15-4-2-5-16-32)52-48(54-49)33-17-6-3-7-18-33/h2-13,15-31H,14H2,1H3. The molecule has 0 bridgehead atoms. The van der Waals surface area contributed by atoms with Crippen molar-refractivity contribution < 1.29 is 4.74 Å². The smallest absolute Gasteiger partial charge is 0.167 e. The molecule has 1 aliphatic heterocycles. The number of para-hydroxylation sites is 2. The minimum Gasteiger partial charge on any atom is -0.455 e. The van der Waals surface area contributed by atoms with Gasteiger partial charge in [-0.1, -0.05) is 153 Å². The number of benzene rings is 6. The number of hydrogen-bond acceptors (Lipinski definition) is 5. The van der Waals surface area contributed by atoms with Crippen molar-refractivity contribution in [2.24, 2.45) is 5.92 Å². The zero-order valence-electron chi connectivity index (χ0n) is 30.1. The molecule has 5 heteroatoms. The molecule has 6 aromatic carbocycles. The van der Waals surface area contributed by atoms with Gasteiger partial charge in [-0.2, -0.15) is 0 Å². The second-order valence-electron chi connectivity index (χ2n) is 14.6. The van der Waals surface area contributed by atoms with Gasteiger partial charge in [0.25, 0.3) is 0 Å². The van der Waals surface area contributed by atoms with E-state index >= 15 is 0 Å². The highest BCUT2D eigenvalue weighted by molar-refractivity contribution is 6.00. The Morgan fingerprint density at radius 1 is 0.545 bits per heavy atom. The second kappa shape index (κ2) is 12.3. The Morgan fingerprint density at radius 2 is 1.13 bits per heavy atom. The maximum absolute atomic E-state index is 7.45. The maximum Gasteiger partial charge on any atom is 0.167 e. The van der Waals surface area contributed by atoms with Gasteiger partial charge in [0.2, 0.25) is 0 Å². The normalized spacial score (nSPS) is 17.7. The van der Waals surface area contributed by atoms with Crippen molar-refractivity contribution in [3.63, 3.8) is 0 Å². The van der Waals surface area contributed by atoms with Crippen LogP contribution in [0.3, 0.4) is 0 Å². The summed E-state index contributed by atoms with van der Waals surface area (Å²) < 4.78 is 7.45. The van der Waals surface area contributed by atoms with E-state index < -0.39 is 5.41 Å². The molecule has 11 rings (SSSR count). The second-order valence-corrected chi connectivity index (χ2v) is 14.6. The Balaban J connectivity index is 1.25. The van der Waals surface area contributed by atoms with Crippen LogP contribution in [0, 0.1) is 5.92 Å². The average Bonchev–Trinajstić information content (AvgIpc) is 3.55. The molecule has 3 heterocycles. The number of nitrogens with zero attached hydrogens (tertiary/aromatic N) is 4. The Labute approximate surface area is 319 Å². The minimum atomic E-state index is -0.616. The summed E-state index contributed by atoms with van der Waals surface area (Å²) in [5.41, 5.74) is 11.7. The highest BCUT2D eigenvalue weighted by Crippen LogP contribution is 2.66. The van der Waals surface area contributed by atoms with Gasteiger partial charge in [0.05, 0.1) is 11.0 Å². The number of allylic oxidation sites excluding steroid dienone is 4. The van der Waals surface area contributed by atoms with E-state index in [0.717, 1.165) is 67.6 Å². The third-order valence-corrected chi connectivity index (χ3v) is 11.5. The highest BCUT2D eigenvalue weighted by Gasteiger charge is 2.54. The molecule has 2 aliphatic carbocycles. The first kappa shape index (κ1) is 31.5. The molecule has 1 spiro atoms. The molecule has 8 aromatic rings. The van der Waals surface area contributed by atoms with Gasteiger partial charge in [-0.05, 0) is 57.7 Å². The molecule has 5 nitrogen and oxygen atoms in total. The van der Waals surface area contributed by atoms with Crippen LogP contribution in [0.15, 0.2) is 176 Å². The lowest BCUT2D eigenvalue weighted by Crippen LogP contribution is -2.36. The van der Waals surface area contributed by atoms with Crippen molar-refractivity contribution in [3.05, 3.63) is 198 Å². The van der Waals surface area contributed by atoms with Crippen LogP contribution in [0.4, 0.5) is 0 Å². The van der Waals surface area contributed by atoms with Gasteiger partial charge in [0, 0.05) is 45.6 Å². The summed E-state index contributed by atoms with van der Waals surface area (Å²) >= 11 is 0. The first-order chi connectivity index (χ1) is 27.2. The molecule has 2 aromatic heterocycles. The van der Waals surface area contributed by atoms with Crippen molar-refractivity contribution in [2.75, 3.05) is 0 Å². The van der Waals surface area contributed by atoms with E-state index in [-0.39, 0.29) is 5.92 Å². The Hall–Kier alpha value is -6.98. The average molecular weight is 707 g/mol. The molecule has 0 N–H and O–H groups in total. The first-order valence-corrected chi connectivity index (χ1v) is 18.9. The number of hydrogen-bond donors (Lipinski definition) is 0. The largest absolute Gasteiger partial charge is 0.455 e. The molecule has 0 amide bonds. The topological polar surface area (TPSA) is 60.8 Å². The summed E-state index contributed by atoms with van der Waals surface area (Å²) in [5, 5.41) is 2.21. The zero-order valence-corrected chi connectivity index (χ0v) is 30.1. The lowest BCUT2D eigenvalue weighted by atomic mass is 9.61. The zero-order chi connectivity index (χ0) is 36.5. The van der Waals surface area contributed by atoms with Crippen molar-refractivity contribution >= 4 is 16.3 Å². The van der Waals surface area contributed by atoms with Crippen LogP contribution < -0.4 is 4.74 Å². The fraction of sp³-hybridized carbons (Fsp3) is 0.0800. The molecule has 0 fully saturated rings. The van der Waals surface area contributed by atoms with E-state index in [1.54, 1.807) is 0 Å². The van der Waals surface area contributed by atoms with Crippen molar-refractivity contribution in [1.29, 1.82) is 0 Å². The Kier molecular flexibility index (Phi) is 7.05. The van der Waals surface area contributed by atoms with Crippen molar-refractivity contribution in [3.8, 4) is 56.8 Å². The summed E-state index contributed by atoms with van der Waals surface area (Å²) in [6, 6.07) is 50.9. The molecular weight excluding hydrogens is 673 g/mol. The van der Waals surface area contributed by atoms with Gasteiger partial charge in [-0.3, -0.25) is 4.98 Å². The molecule has 55 heavy (non-hydrogen) atoms. The van der Waals surface area contributed by atoms with Gasteiger partial charge >= 0.3 is 0 Å². The summed E-state index contributed by atoms with van der Waals surface area (Å²) in [6.07, 6.45) is 9.43. The van der Waals surface area contributed by atoms with E-state index in [2.05, 4.69) is 109 Å². The predicted octanol–water partition coefficient (Wildman–Crippen LogP) is 11.9. The van der Waals surface area contributed by atoms with Crippen molar-refractivity contribution in [2.45, 2.75) is 18.8 Å². The summed E-state index contributed by atoms with van der Waals surface area (Å²) in [6.45, 7) is 2.37. The van der Waals surface area contributed by atoms with Crippen LogP contribution in [0.1, 0.15) is 35.6 Å². The summed E-state index contributed by atoms with van der Waals surface area (Å²) in [4.78, 5) is 19.9. The van der Waals surface area contributed by atoms with Gasteiger partial charge in [-0.15, -0.1) is 0 Å². The lowest BCUT2D eigenvalue weighted by molar-refractivity contribution is 0.427. The monoisotopic (exact) mass is 706 g/mol. The number of ether oxygens (including phenoxy) is 1. The molecule has 0 saturated heterocycles. The number of rotatable bonds is 4. The van der Waals surface area contributed by atoms with E-state index in [1.807, 2.05) is 73.1 Å². The van der Waals surface area contributed by atoms with Gasteiger partial charge in [0.15, 0.2) is 17.5 Å². The van der Waals surface area contributed by atoms with E-state index in [4.69, 9.17) is 19.7 Å². The molecule has 0 radical (unpaired) electrons. The Bertz CT molecular complexity index is 2830. The molecule has 2 atom stereocenters. The number of aromatic nitrogens is 4. The summed E-state index contributed by atoms with van der Waals surface area (Å²) in [7, 11) is 0. The third-order valence-electron chi connectivity index (χ3n) is 11.5. The van der Waals surface area contributed by atoms with Crippen LogP contribution in [-0.4, -0.2) is 19.9 Å². The van der Waals surface area contributed by atoms with Crippen molar-refractivity contribution in [1.82, 2.24) is 19.9 Å². The lowest BCUT2D eigenvalue weighted by Gasteiger charge is -2.43. The van der Waals surface area contributed by atoms with Crippen LogP contribution >= 0.6 is 0 Å². The van der Waals surface area contributed by atoms with E-state index in [0.29, 0.717) is 17.5 Å². The third kappa shape index (κ3) is 4.66. The van der Waals surface area contributed by atoms with E-state index in [9.17, 15) is 0 Å². The maximum atomic E-state index is 7.45. The quantitative estimate of drug-likeness (QED) is 0.182. The number of fused-ring (bicyclic) bond motifs is 9. The molecular formula is C50H34N4O. The van der Waals surface area contributed by atoms with Gasteiger partial charge in [0.1, 0.15) is 11.5 Å². The number of pyridine rings is 1. The molecule has 3 aliphatic rings. The van der Waals surface area contributed by atoms with E-state index in [1.165, 1.54) is 22.3 Å². The molecule has 260 valence electrons. The van der Waals surface area contributed by atoms with Gasteiger partial charge in [-0.25, -0.2) is 15.0 Å². The minimum absolute atomic E-state index is 0.286. The van der Waals surface area contributed by atoms with Crippen LogP contribution in [0.25, 0.3) is 61.6 Å². The summed E-state index contributed by atoms with van der Waals surface area (Å²) in [5.74, 6) is 3.68. The predicted molar refractivity (Wildman–Crippen MR) is 220 cm³/mol. The molecule has 2 unspecified atom stereocenters. The fourth-order valence-electron chi connectivity index (χ4n) is 9.25. The molecule has 0 saturated carbocycles.